The van der Waals surface area contributed by atoms with Gasteiger partial charge >= 0.3 is 0 Å². The van der Waals surface area contributed by atoms with Crippen molar-refractivity contribution in [1.82, 2.24) is 4.90 Å². The smallest absolute Gasteiger partial charge is 0.254 e. The van der Waals surface area contributed by atoms with Crippen molar-refractivity contribution in [2.45, 2.75) is 25.7 Å². The molecule has 2 atom stereocenters. The van der Waals surface area contributed by atoms with E-state index < -0.39 is 0 Å². The summed E-state index contributed by atoms with van der Waals surface area (Å²) in [6.07, 6.45) is -0.331. The van der Waals surface area contributed by atoms with Crippen LogP contribution in [0.5, 0.6) is 0 Å². The number of hydrogen-bond acceptors (Lipinski definition) is 3. The lowest BCUT2D eigenvalue weighted by atomic mass is 10.0. The van der Waals surface area contributed by atoms with Gasteiger partial charge in [0.1, 0.15) is 11.9 Å². The van der Waals surface area contributed by atoms with E-state index in [2.05, 4.69) is 0 Å². The lowest BCUT2D eigenvalue weighted by Crippen LogP contribution is -2.46. The summed E-state index contributed by atoms with van der Waals surface area (Å²) < 4.78 is 19.0. The Bertz CT molecular complexity index is 706. The molecule has 0 aromatic heterocycles. The van der Waals surface area contributed by atoms with Crippen LogP contribution >= 0.6 is 12.4 Å². The van der Waals surface area contributed by atoms with Crippen molar-refractivity contribution in [3.63, 3.8) is 0 Å². The van der Waals surface area contributed by atoms with Gasteiger partial charge in [0.05, 0.1) is 12.6 Å². The van der Waals surface area contributed by atoms with E-state index in [4.69, 9.17) is 10.5 Å². The van der Waals surface area contributed by atoms with Crippen LogP contribution in [0.4, 0.5) is 4.39 Å². The maximum absolute atomic E-state index is 13.1. The van der Waals surface area contributed by atoms with Crippen molar-refractivity contribution < 1.29 is 13.9 Å². The van der Waals surface area contributed by atoms with Gasteiger partial charge < -0.3 is 15.4 Å². The summed E-state index contributed by atoms with van der Waals surface area (Å²) >= 11 is 0. The van der Waals surface area contributed by atoms with Crippen molar-refractivity contribution in [2.24, 2.45) is 5.73 Å². The van der Waals surface area contributed by atoms with Crippen molar-refractivity contribution in [3.05, 3.63) is 71.0 Å². The van der Waals surface area contributed by atoms with Crippen molar-refractivity contribution in [3.8, 4) is 0 Å². The zero-order valence-corrected chi connectivity index (χ0v) is 14.8. The molecule has 0 radical (unpaired) electrons. The van der Waals surface area contributed by atoms with E-state index in [-0.39, 0.29) is 36.3 Å². The SMILES string of the molecule is CC1CN(C(=O)c2ccc(CN)cc2)CC(c2ccc(F)cc2)O1.Cl. The second-order valence-corrected chi connectivity index (χ2v) is 6.10. The summed E-state index contributed by atoms with van der Waals surface area (Å²) in [6, 6.07) is 13.6. The zero-order chi connectivity index (χ0) is 17.1. The standard InChI is InChI=1S/C19H21FN2O2.ClH/c1-13-11-22(19(23)16-4-2-14(10-21)3-5-16)12-18(24-13)15-6-8-17(20)9-7-15;/h2-9,13,18H,10-12,21H2,1H3;1H. The number of benzene rings is 2. The van der Waals surface area contributed by atoms with Gasteiger partial charge in [-0.1, -0.05) is 24.3 Å². The lowest BCUT2D eigenvalue weighted by Gasteiger charge is -2.37. The van der Waals surface area contributed by atoms with E-state index in [0.717, 1.165) is 11.1 Å². The molecule has 1 aliphatic heterocycles. The van der Waals surface area contributed by atoms with Crippen molar-refractivity contribution in [2.75, 3.05) is 13.1 Å². The first-order valence-corrected chi connectivity index (χ1v) is 8.06. The highest BCUT2D eigenvalue weighted by atomic mass is 35.5. The molecule has 0 saturated carbocycles. The zero-order valence-electron chi connectivity index (χ0n) is 14.0. The molecule has 1 heterocycles. The predicted molar refractivity (Wildman–Crippen MR) is 97.2 cm³/mol. The van der Waals surface area contributed by atoms with Crippen LogP contribution in [-0.4, -0.2) is 30.0 Å². The van der Waals surface area contributed by atoms with Crippen molar-refractivity contribution >= 4 is 18.3 Å². The van der Waals surface area contributed by atoms with E-state index in [0.29, 0.717) is 25.2 Å². The van der Waals surface area contributed by atoms with Gasteiger partial charge in [-0.2, -0.15) is 0 Å². The molecule has 134 valence electrons. The van der Waals surface area contributed by atoms with Crippen LogP contribution in [0.15, 0.2) is 48.5 Å². The molecule has 2 aromatic carbocycles. The number of morpholine rings is 1. The molecule has 3 rings (SSSR count). The Morgan fingerprint density at radius 3 is 2.40 bits per heavy atom. The Kier molecular flexibility index (Phi) is 6.53. The number of nitrogens with zero attached hydrogens (tertiary/aromatic N) is 1. The first-order valence-electron chi connectivity index (χ1n) is 8.06. The summed E-state index contributed by atoms with van der Waals surface area (Å²) in [4.78, 5) is 14.5. The molecule has 0 aliphatic carbocycles. The number of ether oxygens (including phenoxy) is 1. The van der Waals surface area contributed by atoms with E-state index in [1.807, 2.05) is 19.1 Å². The largest absolute Gasteiger partial charge is 0.367 e. The average molecular weight is 365 g/mol. The highest BCUT2D eigenvalue weighted by Crippen LogP contribution is 2.26. The Balaban J connectivity index is 0.00000225. The number of carbonyl (C=O) groups excluding carboxylic acids is 1. The van der Waals surface area contributed by atoms with E-state index >= 15 is 0 Å². The third kappa shape index (κ3) is 4.57. The number of nitrogens with two attached hydrogens (primary N) is 1. The Morgan fingerprint density at radius 1 is 1.16 bits per heavy atom. The molecule has 1 saturated heterocycles. The average Bonchev–Trinajstić information content (AvgIpc) is 2.61. The lowest BCUT2D eigenvalue weighted by molar-refractivity contribution is -0.0691. The Labute approximate surface area is 153 Å². The van der Waals surface area contributed by atoms with Gasteiger partial charge in [-0.05, 0) is 42.3 Å². The predicted octanol–water partition coefficient (Wildman–Crippen LogP) is 3.31. The second-order valence-electron chi connectivity index (χ2n) is 6.10. The maximum atomic E-state index is 13.1. The first-order chi connectivity index (χ1) is 11.6. The molecule has 1 aliphatic rings. The van der Waals surface area contributed by atoms with E-state index in [9.17, 15) is 9.18 Å². The minimum atomic E-state index is -0.282. The van der Waals surface area contributed by atoms with Gasteiger partial charge in [-0.25, -0.2) is 4.39 Å². The molecule has 1 amide bonds. The van der Waals surface area contributed by atoms with Crippen LogP contribution in [-0.2, 0) is 11.3 Å². The molecular weight excluding hydrogens is 343 g/mol. The summed E-state index contributed by atoms with van der Waals surface area (Å²) in [5, 5.41) is 0. The minimum absolute atomic E-state index is 0. The number of rotatable bonds is 3. The Morgan fingerprint density at radius 2 is 1.80 bits per heavy atom. The van der Waals surface area contributed by atoms with Crippen LogP contribution in [0, 0.1) is 5.82 Å². The molecule has 2 N–H and O–H groups in total. The van der Waals surface area contributed by atoms with Crippen LogP contribution in [0.2, 0.25) is 0 Å². The van der Waals surface area contributed by atoms with Gasteiger partial charge in [-0.15, -0.1) is 12.4 Å². The van der Waals surface area contributed by atoms with Gasteiger partial charge in [-0.3, -0.25) is 4.79 Å². The fourth-order valence-electron chi connectivity index (χ4n) is 2.94. The summed E-state index contributed by atoms with van der Waals surface area (Å²) in [5.74, 6) is -0.309. The van der Waals surface area contributed by atoms with Crippen LogP contribution in [0.1, 0.15) is 34.5 Å². The summed E-state index contributed by atoms with van der Waals surface area (Å²) in [7, 11) is 0. The summed E-state index contributed by atoms with van der Waals surface area (Å²) in [5.41, 5.74) is 8.10. The molecule has 6 heteroatoms. The molecule has 25 heavy (non-hydrogen) atoms. The van der Waals surface area contributed by atoms with Gasteiger partial charge in [0.2, 0.25) is 0 Å². The normalized spacial score (nSPS) is 20.0. The first kappa shape index (κ1) is 19.4. The second kappa shape index (κ2) is 8.43. The third-order valence-corrected chi connectivity index (χ3v) is 4.23. The molecule has 0 bridgehead atoms. The van der Waals surface area contributed by atoms with Crippen LogP contribution < -0.4 is 5.73 Å². The quantitative estimate of drug-likeness (QED) is 0.909. The van der Waals surface area contributed by atoms with E-state index in [1.165, 1.54) is 12.1 Å². The Hall–Kier alpha value is -1.95. The van der Waals surface area contributed by atoms with Gasteiger partial charge in [0.25, 0.3) is 5.91 Å². The molecule has 2 aromatic rings. The molecule has 1 fully saturated rings. The fraction of sp³-hybridized carbons (Fsp3) is 0.316. The van der Waals surface area contributed by atoms with Crippen molar-refractivity contribution in [1.29, 1.82) is 0 Å². The maximum Gasteiger partial charge on any atom is 0.254 e. The van der Waals surface area contributed by atoms with Gasteiger partial charge in [0, 0.05) is 18.7 Å². The van der Waals surface area contributed by atoms with E-state index in [1.54, 1.807) is 29.2 Å². The number of carbonyl (C=O) groups is 1. The molecule has 2 unspecified atom stereocenters. The molecule has 4 nitrogen and oxygen atoms in total. The topological polar surface area (TPSA) is 55.6 Å². The van der Waals surface area contributed by atoms with Crippen LogP contribution in [0.3, 0.4) is 0 Å². The minimum Gasteiger partial charge on any atom is -0.367 e. The number of hydrogen-bond donors (Lipinski definition) is 1. The molecule has 0 spiro atoms. The highest BCUT2D eigenvalue weighted by molar-refractivity contribution is 5.94. The van der Waals surface area contributed by atoms with Gasteiger partial charge in [0.15, 0.2) is 0 Å². The fourth-order valence-corrected chi connectivity index (χ4v) is 2.94. The summed E-state index contributed by atoms with van der Waals surface area (Å²) in [6.45, 7) is 3.38. The highest BCUT2D eigenvalue weighted by Gasteiger charge is 2.29. The number of halogens is 2. The molecular formula is C19H22ClFN2O2. The third-order valence-electron chi connectivity index (χ3n) is 4.23. The number of amides is 1. The van der Waals surface area contributed by atoms with Crippen LogP contribution in [0.25, 0.3) is 0 Å². The monoisotopic (exact) mass is 364 g/mol.